The molecule has 0 radical (unpaired) electrons. The van der Waals surface area contributed by atoms with Gasteiger partial charge in [0.05, 0.1) is 17.8 Å². The first-order chi connectivity index (χ1) is 14.0. The van der Waals surface area contributed by atoms with Crippen molar-refractivity contribution in [3.05, 3.63) is 96.1 Å². The molecule has 3 aromatic rings. The van der Waals surface area contributed by atoms with Crippen molar-refractivity contribution in [3.63, 3.8) is 0 Å². The predicted octanol–water partition coefficient (Wildman–Crippen LogP) is 4.99. The van der Waals surface area contributed by atoms with Crippen LogP contribution in [0.25, 0.3) is 0 Å². The summed E-state index contributed by atoms with van der Waals surface area (Å²) in [4.78, 5) is 12.7. The van der Waals surface area contributed by atoms with Crippen LogP contribution < -0.4 is 15.4 Å². The minimum absolute atomic E-state index is 0.0780. The second-order valence-corrected chi connectivity index (χ2v) is 6.51. The second kappa shape index (κ2) is 9.80. The van der Waals surface area contributed by atoms with Crippen LogP contribution in [0, 0.1) is 0 Å². The van der Waals surface area contributed by atoms with Gasteiger partial charge in [-0.05, 0) is 30.2 Å². The maximum atomic E-state index is 12.7. The first-order valence-electron chi connectivity index (χ1n) is 9.25. The van der Waals surface area contributed by atoms with Crippen LogP contribution in [0.15, 0.2) is 84.9 Å². The normalized spacial score (nSPS) is 12.0. The molecule has 0 fully saturated rings. The highest BCUT2D eigenvalue weighted by Gasteiger charge is 2.21. The third-order valence-electron chi connectivity index (χ3n) is 4.44. The van der Waals surface area contributed by atoms with E-state index in [1.54, 1.807) is 19.1 Å². The third kappa shape index (κ3) is 5.62. The highest BCUT2D eigenvalue weighted by Crippen LogP contribution is 2.26. The quantitative estimate of drug-likeness (QED) is 0.564. The van der Waals surface area contributed by atoms with E-state index in [1.165, 1.54) is 12.1 Å². The molecule has 0 aromatic heterocycles. The highest BCUT2D eigenvalue weighted by molar-refractivity contribution is 5.95. The van der Waals surface area contributed by atoms with Crippen LogP contribution in [0.5, 0.6) is 5.75 Å². The number of nitrogens with one attached hydrogen (secondary N) is 2. The van der Waals surface area contributed by atoms with Gasteiger partial charge in [-0.2, -0.15) is 8.78 Å². The van der Waals surface area contributed by atoms with Gasteiger partial charge in [-0.1, -0.05) is 72.8 Å². The molecule has 0 unspecified atom stereocenters. The molecule has 0 heterocycles. The number of hydrogen-bond donors (Lipinski definition) is 2. The zero-order valence-electron chi connectivity index (χ0n) is 15.9. The number of hydrogen-bond acceptors (Lipinski definition) is 3. The van der Waals surface area contributed by atoms with E-state index in [0.29, 0.717) is 0 Å². The van der Waals surface area contributed by atoms with Crippen molar-refractivity contribution in [1.29, 1.82) is 0 Å². The van der Waals surface area contributed by atoms with Gasteiger partial charge in [-0.15, -0.1) is 0 Å². The Hall–Kier alpha value is -3.25. The Morgan fingerprint density at radius 1 is 0.828 bits per heavy atom. The summed E-state index contributed by atoms with van der Waals surface area (Å²) in [6, 6.07) is 24.9. The van der Waals surface area contributed by atoms with Crippen molar-refractivity contribution in [2.75, 3.05) is 5.32 Å². The molecule has 0 saturated heterocycles. The molecule has 2 N–H and O–H groups in total. The number of anilines is 1. The van der Waals surface area contributed by atoms with Crippen molar-refractivity contribution in [2.24, 2.45) is 0 Å². The van der Waals surface area contributed by atoms with E-state index < -0.39 is 12.7 Å². The van der Waals surface area contributed by atoms with Crippen molar-refractivity contribution >= 4 is 11.6 Å². The molecule has 0 spiro atoms. The second-order valence-electron chi connectivity index (χ2n) is 6.51. The van der Waals surface area contributed by atoms with E-state index in [2.05, 4.69) is 15.4 Å². The fourth-order valence-corrected chi connectivity index (χ4v) is 3.01. The molecular weight excluding hydrogens is 374 g/mol. The van der Waals surface area contributed by atoms with Gasteiger partial charge in [0.2, 0.25) is 5.91 Å². The van der Waals surface area contributed by atoms with Gasteiger partial charge in [-0.25, -0.2) is 0 Å². The van der Waals surface area contributed by atoms with Crippen molar-refractivity contribution < 1.29 is 18.3 Å². The number of alkyl halides is 2. The summed E-state index contributed by atoms with van der Waals surface area (Å²) in [6.45, 7) is -1.24. The van der Waals surface area contributed by atoms with Crippen LogP contribution in [0.4, 0.5) is 14.5 Å². The van der Waals surface area contributed by atoms with Crippen LogP contribution >= 0.6 is 0 Å². The summed E-state index contributed by atoms with van der Waals surface area (Å²) < 4.78 is 29.7. The van der Waals surface area contributed by atoms with E-state index in [9.17, 15) is 13.6 Å². The Bertz CT molecular complexity index is 881. The fourth-order valence-electron chi connectivity index (χ4n) is 3.01. The zero-order valence-corrected chi connectivity index (χ0v) is 15.9. The first-order valence-corrected chi connectivity index (χ1v) is 9.25. The molecule has 0 aliphatic heterocycles. The van der Waals surface area contributed by atoms with Gasteiger partial charge < -0.3 is 10.1 Å². The average molecular weight is 396 g/mol. The molecule has 0 bridgehead atoms. The van der Waals surface area contributed by atoms with Gasteiger partial charge in [0.15, 0.2) is 0 Å². The Morgan fingerprint density at radius 3 is 1.90 bits per heavy atom. The van der Waals surface area contributed by atoms with E-state index in [-0.39, 0.29) is 23.4 Å². The molecule has 150 valence electrons. The van der Waals surface area contributed by atoms with Gasteiger partial charge in [0.1, 0.15) is 5.75 Å². The van der Waals surface area contributed by atoms with E-state index in [4.69, 9.17) is 0 Å². The summed E-state index contributed by atoms with van der Waals surface area (Å²) in [7, 11) is 0. The minimum atomic E-state index is -2.97. The van der Waals surface area contributed by atoms with Crippen LogP contribution in [0.1, 0.15) is 24.1 Å². The third-order valence-corrected chi connectivity index (χ3v) is 4.44. The SMILES string of the molecule is C[C@H](NC(c1ccccc1)c1ccccc1)C(=O)Nc1ccccc1OC(F)F. The number of carbonyl (C=O) groups is 1. The van der Waals surface area contributed by atoms with Crippen LogP contribution in [-0.2, 0) is 4.79 Å². The molecule has 6 heteroatoms. The maximum Gasteiger partial charge on any atom is 0.387 e. The van der Waals surface area contributed by atoms with Crippen molar-refractivity contribution in [3.8, 4) is 5.75 Å². The van der Waals surface area contributed by atoms with Gasteiger partial charge in [0, 0.05) is 0 Å². The Labute approximate surface area is 168 Å². The predicted molar refractivity (Wildman–Crippen MR) is 109 cm³/mol. The topological polar surface area (TPSA) is 50.4 Å². The lowest BCUT2D eigenvalue weighted by atomic mass is 9.98. The molecule has 1 atom stereocenters. The number of benzene rings is 3. The molecule has 29 heavy (non-hydrogen) atoms. The number of rotatable bonds is 8. The van der Waals surface area contributed by atoms with Crippen LogP contribution in [0.3, 0.4) is 0 Å². The maximum absolute atomic E-state index is 12.7. The van der Waals surface area contributed by atoms with Crippen molar-refractivity contribution in [1.82, 2.24) is 5.32 Å². The van der Waals surface area contributed by atoms with Gasteiger partial charge in [0.25, 0.3) is 0 Å². The first kappa shape index (κ1) is 20.5. The molecule has 0 aliphatic carbocycles. The smallest absolute Gasteiger partial charge is 0.387 e. The number of para-hydroxylation sites is 2. The number of halogens is 2. The Morgan fingerprint density at radius 2 is 1.34 bits per heavy atom. The number of carbonyl (C=O) groups excluding carboxylic acids is 1. The fraction of sp³-hybridized carbons (Fsp3) is 0.174. The lowest BCUT2D eigenvalue weighted by Crippen LogP contribution is -2.40. The summed E-state index contributed by atoms with van der Waals surface area (Å²) in [5.41, 5.74) is 2.22. The minimum Gasteiger partial charge on any atom is -0.433 e. The summed E-state index contributed by atoms with van der Waals surface area (Å²) >= 11 is 0. The largest absolute Gasteiger partial charge is 0.433 e. The standard InChI is InChI=1S/C23H22F2N2O2/c1-16(22(28)27-19-14-8-9-15-20(19)29-23(24)25)26-21(17-10-4-2-5-11-17)18-12-6-3-7-13-18/h2-16,21,23,26H,1H3,(H,27,28)/t16-/m0/s1. The Kier molecular flexibility index (Phi) is 6.92. The monoisotopic (exact) mass is 396 g/mol. The average Bonchev–Trinajstić information content (AvgIpc) is 2.74. The van der Waals surface area contributed by atoms with E-state index in [0.717, 1.165) is 11.1 Å². The molecule has 0 saturated carbocycles. The molecule has 0 aliphatic rings. The van der Waals surface area contributed by atoms with Crippen LogP contribution in [-0.4, -0.2) is 18.6 Å². The number of ether oxygens (including phenoxy) is 1. The summed E-state index contributed by atoms with van der Waals surface area (Å²) in [5.74, 6) is -0.433. The number of amides is 1. The van der Waals surface area contributed by atoms with Gasteiger partial charge in [-0.3, -0.25) is 10.1 Å². The molecule has 3 aromatic carbocycles. The van der Waals surface area contributed by atoms with Gasteiger partial charge >= 0.3 is 6.61 Å². The highest BCUT2D eigenvalue weighted by atomic mass is 19.3. The lowest BCUT2D eigenvalue weighted by Gasteiger charge is -2.24. The summed E-state index contributed by atoms with van der Waals surface area (Å²) in [6.07, 6.45) is 0. The zero-order chi connectivity index (χ0) is 20.6. The molecule has 3 rings (SSSR count). The summed E-state index contributed by atoms with van der Waals surface area (Å²) in [5, 5.41) is 5.99. The van der Waals surface area contributed by atoms with E-state index >= 15 is 0 Å². The molecular formula is C23H22F2N2O2. The lowest BCUT2D eigenvalue weighted by molar-refractivity contribution is -0.118. The van der Waals surface area contributed by atoms with Crippen LogP contribution in [0.2, 0.25) is 0 Å². The molecule has 4 nitrogen and oxygen atoms in total. The van der Waals surface area contributed by atoms with Crippen molar-refractivity contribution in [2.45, 2.75) is 25.6 Å². The van der Waals surface area contributed by atoms with E-state index in [1.807, 2.05) is 60.7 Å². The Balaban J connectivity index is 1.77. The molecule has 1 amide bonds.